The third-order valence-corrected chi connectivity index (χ3v) is 3.96. The van der Waals surface area contributed by atoms with Gasteiger partial charge in [0, 0.05) is 18.5 Å². The number of anilines is 1. The molecule has 4 nitrogen and oxygen atoms in total. The first kappa shape index (κ1) is 15.1. The van der Waals surface area contributed by atoms with Crippen LogP contribution < -0.4 is 10.1 Å². The maximum atomic E-state index is 5.56. The van der Waals surface area contributed by atoms with Crippen molar-refractivity contribution >= 4 is 5.82 Å². The van der Waals surface area contributed by atoms with Gasteiger partial charge in [-0.3, -0.25) is 0 Å². The number of aromatic nitrogens is 2. The zero-order chi connectivity index (χ0) is 14.4. The highest BCUT2D eigenvalue weighted by Gasteiger charge is 2.21. The van der Waals surface area contributed by atoms with Crippen LogP contribution in [-0.2, 0) is 6.42 Å². The lowest BCUT2D eigenvalue weighted by Gasteiger charge is -2.30. The molecule has 1 heterocycles. The van der Waals surface area contributed by atoms with Gasteiger partial charge in [-0.15, -0.1) is 0 Å². The normalized spacial score (nSPS) is 22.6. The van der Waals surface area contributed by atoms with Crippen LogP contribution in [-0.4, -0.2) is 22.6 Å². The fourth-order valence-corrected chi connectivity index (χ4v) is 2.82. The first-order chi connectivity index (χ1) is 9.72. The summed E-state index contributed by atoms with van der Waals surface area (Å²) < 4.78 is 5.56. The van der Waals surface area contributed by atoms with Gasteiger partial charge in [0.1, 0.15) is 11.6 Å². The van der Waals surface area contributed by atoms with Crippen LogP contribution >= 0.6 is 0 Å². The van der Waals surface area contributed by atoms with Crippen LogP contribution in [0.3, 0.4) is 0 Å². The van der Waals surface area contributed by atoms with E-state index in [9.17, 15) is 0 Å². The Morgan fingerprint density at radius 3 is 2.75 bits per heavy atom. The van der Waals surface area contributed by atoms with Crippen LogP contribution in [0.2, 0.25) is 0 Å². The van der Waals surface area contributed by atoms with Crippen molar-refractivity contribution in [3.05, 3.63) is 11.9 Å². The molecule has 1 saturated carbocycles. The predicted molar refractivity (Wildman–Crippen MR) is 82.2 cm³/mol. The van der Waals surface area contributed by atoms with Gasteiger partial charge in [-0.05, 0) is 32.1 Å². The minimum atomic E-state index is 0.530. The summed E-state index contributed by atoms with van der Waals surface area (Å²) in [5.41, 5.74) is 0. The van der Waals surface area contributed by atoms with Crippen LogP contribution in [0.4, 0.5) is 5.82 Å². The van der Waals surface area contributed by atoms with E-state index in [1.165, 1.54) is 25.7 Å². The topological polar surface area (TPSA) is 47.0 Å². The predicted octanol–water partition coefficient (Wildman–Crippen LogP) is 3.82. The Balaban J connectivity index is 2.12. The highest BCUT2D eigenvalue weighted by molar-refractivity contribution is 5.39. The van der Waals surface area contributed by atoms with Gasteiger partial charge in [0.25, 0.3) is 0 Å². The van der Waals surface area contributed by atoms with E-state index < -0.39 is 0 Å². The van der Waals surface area contributed by atoms with Crippen molar-refractivity contribution in [2.45, 2.75) is 65.3 Å². The molecule has 1 N–H and O–H groups in total. The second-order valence-electron chi connectivity index (χ2n) is 5.70. The van der Waals surface area contributed by atoms with Crippen LogP contribution in [0.1, 0.15) is 58.7 Å². The molecule has 0 bridgehead atoms. The van der Waals surface area contributed by atoms with Crippen molar-refractivity contribution in [1.29, 1.82) is 0 Å². The van der Waals surface area contributed by atoms with Crippen molar-refractivity contribution in [2.24, 2.45) is 5.92 Å². The number of rotatable bonds is 6. The fraction of sp³-hybridized carbons (Fsp3) is 0.750. The summed E-state index contributed by atoms with van der Waals surface area (Å²) >= 11 is 0. The minimum absolute atomic E-state index is 0.530. The number of hydrogen-bond donors (Lipinski definition) is 1. The maximum absolute atomic E-state index is 5.56. The molecule has 1 aromatic rings. The zero-order valence-corrected chi connectivity index (χ0v) is 13.0. The van der Waals surface area contributed by atoms with E-state index in [1.807, 2.05) is 13.0 Å². The summed E-state index contributed by atoms with van der Waals surface area (Å²) in [7, 11) is 0. The van der Waals surface area contributed by atoms with Gasteiger partial charge >= 0.3 is 0 Å². The first-order valence-electron chi connectivity index (χ1n) is 8.00. The molecule has 0 saturated heterocycles. The molecular weight excluding hydrogens is 250 g/mol. The Bertz CT molecular complexity index is 398. The SMILES string of the molecule is CCCc1nc(NC2CCCCC2C)cc(OCC)n1. The van der Waals surface area contributed by atoms with Crippen LogP contribution in [0, 0.1) is 5.92 Å². The van der Waals surface area contributed by atoms with Gasteiger partial charge in [0.05, 0.1) is 6.61 Å². The highest BCUT2D eigenvalue weighted by atomic mass is 16.5. The number of nitrogens with zero attached hydrogens (tertiary/aromatic N) is 2. The molecule has 1 aliphatic rings. The molecule has 20 heavy (non-hydrogen) atoms. The quantitative estimate of drug-likeness (QED) is 0.858. The molecule has 2 unspecified atom stereocenters. The Labute approximate surface area is 122 Å². The Morgan fingerprint density at radius 1 is 1.25 bits per heavy atom. The molecule has 0 aliphatic heterocycles. The van der Waals surface area contributed by atoms with Crippen molar-refractivity contribution in [3.63, 3.8) is 0 Å². The standard InChI is InChI=1S/C16H27N3O/c1-4-8-14-18-15(11-16(19-14)20-5-2)17-13-10-7-6-9-12(13)3/h11-13H,4-10H2,1-3H3,(H,17,18,19). The summed E-state index contributed by atoms with van der Waals surface area (Å²) in [5, 5.41) is 3.60. The number of nitrogens with one attached hydrogen (secondary N) is 1. The van der Waals surface area contributed by atoms with Crippen molar-refractivity contribution in [2.75, 3.05) is 11.9 Å². The summed E-state index contributed by atoms with van der Waals surface area (Å²) in [5.74, 6) is 3.20. The summed E-state index contributed by atoms with van der Waals surface area (Å²) in [4.78, 5) is 9.08. The zero-order valence-electron chi connectivity index (χ0n) is 13.0. The van der Waals surface area contributed by atoms with Gasteiger partial charge in [0.2, 0.25) is 5.88 Å². The highest BCUT2D eigenvalue weighted by Crippen LogP contribution is 2.27. The van der Waals surface area contributed by atoms with Crippen molar-refractivity contribution in [3.8, 4) is 5.88 Å². The van der Waals surface area contributed by atoms with E-state index in [0.29, 0.717) is 24.4 Å². The monoisotopic (exact) mass is 277 g/mol. The number of ether oxygens (including phenoxy) is 1. The summed E-state index contributed by atoms with van der Waals surface area (Å²) in [6, 6.07) is 2.46. The minimum Gasteiger partial charge on any atom is -0.478 e. The third kappa shape index (κ3) is 4.09. The average molecular weight is 277 g/mol. The van der Waals surface area contributed by atoms with Gasteiger partial charge in [0.15, 0.2) is 0 Å². The molecule has 1 aromatic heterocycles. The molecular formula is C16H27N3O. The summed E-state index contributed by atoms with van der Waals surface area (Å²) in [6.07, 6.45) is 7.16. The molecule has 1 fully saturated rings. The molecule has 4 heteroatoms. The van der Waals surface area contributed by atoms with Gasteiger partial charge in [-0.2, -0.15) is 4.98 Å². The molecule has 2 rings (SSSR count). The largest absolute Gasteiger partial charge is 0.478 e. The Morgan fingerprint density at radius 2 is 2.05 bits per heavy atom. The molecule has 1 aliphatic carbocycles. The molecule has 2 atom stereocenters. The average Bonchev–Trinajstić information content (AvgIpc) is 2.42. The van der Waals surface area contributed by atoms with E-state index in [4.69, 9.17) is 4.74 Å². The van der Waals surface area contributed by atoms with E-state index in [1.54, 1.807) is 0 Å². The molecule has 0 amide bonds. The summed E-state index contributed by atoms with van der Waals surface area (Å²) in [6.45, 7) is 7.10. The van der Waals surface area contributed by atoms with Gasteiger partial charge in [-0.25, -0.2) is 4.98 Å². The Hall–Kier alpha value is -1.32. The molecule has 0 aromatic carbocycles. The lowest BCUT2D eigenvalue weighted by molar-refractivity contribution is 0.324. The second kappa shape index (κ2) is 7.46. The number of hydrogen-bond acceptors (Lipinski definition) is 4. The van der Waals surface area contributed by atoms with E-state index >= 15 is 0 Å². The fourth-order valence-electron chi connectivity index (χ4n) is 2.82. The van der Waals surface area contributed by atoms with Crippen molar-refractivity contribution in [1.82, 2.24) is 9.97 Å². The maximum Gasteiger partial charge on any atom is 0.218 e. The van der Waals surface area contributed by atoms with Crippen LogP contribution in [0.5, 0.6) is 5.88 Å². The van der Waals surface area contributed by atoms with E-state index in [0.717, 1.165) is 24.5 Å². The second-order valence-corrected chi connectivity index (χ2v) is 5.70. The molecule has 0 spiro atoms. The lowest BCUT2D eigenvalue weighted by atomic mass is 9.86. The smallest absolute Gasteiger partial charge is 0.218 e. The molecule has 112 valence electrons. The third-order valence-electron chi connectivity index (χ3n) is 3.96. The van der Waals surface area contributed by atoms with Gasteiger partial charge < -0.3 is 10.1 Å². The number of aryl methyl sites for hydroxylation is 1. The van der Waals surface area contributed by atoms with Crippen LogP contribution in [0.15, 0.2) is 6.07 Å². The van der Waals surface area contributed by atoms with Gasteiger partial charge in [-0.1, -0.05) is 26.7 Å². The van der Waals surface area contributed by atoms with Crippen molar-refractivity contribution < 1.29 is 4.74 Å². The van der Waals surface area contributed by atoms with E-state index in [-0.39, 0.29) is 0 Å². The molecule has 0 radical (unpaired) electrons. The van der Waals surface area contributed by atoms with Crippen LogP contribution in [0.25, 0.3) is 0 Å². The van der Waals surface area contributed by atoms with E-state index in [2.05, 4.69) is 29.1 Å². The Kier molecular flexibility index (Phi) is 5.62. The first-order valence-corrected chi connectivity index (χ1v) is 8.00. The lowest BCUT2D eigenvalue weighted by Crippen LogP contribution is -2.30.